The molecule has 10 nitrogen and oxygen atoms in total. The topological polar surface area (TPSA) is 106 Å². The number of hydroxylamine groups is 1. The van der Waals surface area contributed by atoms with E-state index in [9.17, 15) is 4.79 Å². The number of aryl methyl sites for hydroxylation is 1. The number of carbonyl (C=O) groups excluding carboxylic acids is 1. The van der Waals surface area contributed by atoms with Crippen molar-refractivity contribution < 1.29 is 14.4 Å². The lowest BCUT2D eigenvalue weighted by Crippen LogP contribution is -2.38. The first kappa shape index (κ1) is 23.7. The largest absolute Gasteiger partial charge is 0.350 e. The van der Waals surface area contributed by atoms with Gasteiger partial charge in [-0.05, 0) is 50.3 Å². The number of amides is 1. The Morgan fingerprint density at radius 1 is 1.14 bits per heavy atom. The summed E-state index contributed by atoms with van der Waals surface area (Å²) in [6.45, 7) is 4.17. The molecule has 186 valence electrons. The zero-order chi connectivity index (χ0) is 24.0. The summed E-state index contributed by atoms with van der Waals surface area (Å²) in [6, 6.07) is 8.22. The minimum Gasteiger partial charge on any atom is -0.350 e. The van der Waals surface area contributed by atoms with Crippen LogP contribution in [0, 0.1) is 5.92 Å². The molecule has 35 heavy (non-hydrogen) atoms. The second kappa shape index (κ2) is 11.1. The number of aromatic nitrogens is 4. The Morgan fingerprint density at radius 2 is 1.94 bits per heavy atom. The lowest BCUT2D eigenvalue weighted by molar-refractivity contribution is -0.186. The van der Waals surface area contributed by atoms with Crippen LogP contribution in [-0.4, -0.2) is 58.0 Å². The Bertz CT molecular complexity index is 1120. The molecule has 1 atom stereocenters. The Morgan fingerprint density at radius 3 is 2.69 bits per heavy atom. The molecule has 0 saturated carbocycles. The van der Waals surface area contributed by atoms with Crippen LogP contribution in [0.25, 0.3) is 11.0 Å². The van der Waals surface area contributed by atoms with Crippen molar-refractivity contribution in [3.05, 3.63) is 48.0 Å². The van der Waals surface area contributed by atoms with E-state index < -0.39 is 0 Å². The predicted molar refractivity (Wildman–Crippen MR) is 132 cm³/mol. The number of imidazole rings is 1. The van der Waals surface area contributed by atoms with Gasteiger partial charge in [-0.15, -0.1) is 0 Å². The van der Waals surface area contributed by atoms with Crippen molar-refractivity contribution in [2.24, 2.45) is 13.0 Å². The first-order valence-electron chi connectivity index (χ1n) is 12.4. The van der Waals surface area contributed by atoms with Gasteiger partial charge in [-0.3, -0.25) is 4.79 Å². The van der Waals surface area contributed by atoms with Crippen LogP contribution in [-0.2, 0) is 23.2 Å². The van der Waals surface area contributed by atoms with Crippen molar-refractivity contribution >= 4 is 22.9 Å². The van der Waals surface area contributed by atoms with Gasteiger partial charge in [-0.1, -0.05) is 12.1 Å². The monoisotopic (exact) mass is 479 g/mol. The third-order valence-corrected chi connectivity index (χ3v) is 6.81. The zero-order valence-corrected chi connectivity index (χ0v) is 20.2. The fourth-order valence-corrected chi connectivity index (χ4v) is 4.66. The first-order valence-corrected chi connectivity index (χ1v) is 12.4. The van der Waals surface area contributed by atoms with E-state index >= 15 is 0 Å². The molecule has 2 saturated heterocycles. The van der Waals surface area contributed by atoms with Gasteiger partial charge < -0.3 is 19.5 Å². The van der Waals surface area contributed by atoms with Crippen LogP contribution in [0.3, 0.4) is 0 Å². The third-order valence-electron chi connectivity index (χ3n) is 6.81. The van der Waals surface area contributed by atoms with Crippen LogP contribution in [0.4, 0.5) is 5.95 Å². The van der Waals surface area contributed by atoms with Crippen LogP contribution >= 0.6 is 0 Å². The van der Waals surface area contributed by atoms with E-state index in [0.29, 0.717) is 24.0 Å². The number of rotatable bonds is 8. The summed E-state index contributed by atoms with van der Waals surface area (Å²) in [6.07, 6.45) is 7.69. The Kier molecular flexibility index (Phi) is 7.51. The smallest absolute Gasteiger partial charge is 0.278 e. The summed E-state index contributed by atoms with van der Waals surface area (Å²) in [5, 5.41) is 3.58. The zero-order valence-electron chi connectivity index (χ0n) is 20.2. The van der Waals surface area contributed by atoms with E-state index in [-0.39, 0.29) is 12.2 Å². The number of hydrogen-bond acceptors (Lipinski definition) is 8. The molecule has 0 radical (unpaired) electrons. The van der Waals surface area contributed by atoms with E-state index in [1.807, 2.05) is 12.1 Å². The van der Waals surface area contributed by atoms with Crippen LogP contribution in [0.2, 0.25) is 0 Å². The minimum atomic E-state index is -0.382. The van der Waals surface area contributed by atoms with Gasteiger partial charge in [0.25, 0.3) is 5.91 Å². The van der Waals surface area contributed by atoms with Crippen molar-refractivity contribution in [2.45, 2.75) is 44.9 Å². The van der Waals surface area contributed by atoms with E-state index in [1.54, 1.807) is 12.4 Å². The molecule has 0 aliphatic carbocycles. The Labute approximate surface area is 205 Å². The highest BCUT2D eigenvalue weighted by atomic mass is 16.8. The van der Waals surface area contributed by atoms with Crippen LogP contribution in [0.15, 0.2) is 36.7 Å². The molecule has 2 aliphatic heterocycles. The van der Waals surface area contributed by atoms with Gasteiger partial charge >= 0.3 is 0 Å². The summed E-state index contributed by atoms with van der Waals surface area (Å²) < 4.78 is 7.61. The van der Waals surface area contributed by atoms with Gasteiger partial charge in [0.2, 0.25) is 5.95 Å². The van der Waals surface area contributed by atoms with Crippen LogP contribution in [0.5, 0.6) is 0 Å². The van der Waals surface area contributed by atoms with Crippen molar-refractivity contribution in [1.29, 1.82) is 0 Å². The number of anilines is 1. The van der Waals surface area contributed by atoms with Crippen molar-refractivity contribution in [3.63, 3.8) is 0 Å². The molecule has 1 aromatic carbocycles. The Hall–Kier alpha value is -3.08. The number of nitrogens with one attached hydrogen (secondary N) is 2. The molecule has 5 rings (SSSR count). The second-order valence-electron chi connectivity index (χ2n) is 9.25. The highest BCUT2D eigenvalue weighted by molar-refractivity contribution is 5.92. The molecule has 10 heteroatoms. The molecule has 2 aliphatic rings. The summed E-state index contributed by atoms with van der Waals surface area (Å²) >= 11 is 0. The first-order chi connectivity index (χ1) is 17.2. The minimum absolute atomic E-state index is 0.365. The molecule has 0 bridgehead atoms. The predicted octanol–water partition coefficient (Wildman–Crippen LogP) is 2.56. The van der Waals surface area contributed by atoms with E-state index in [0.717, 1.165) is 75.1 Å². The number of benzene rings is 1. The second-order valence-corrected chi connectivity index (χ2v) is 9.25. The highest BCUT2D eigenvalue weighted by Gasteiger charge is 2.22. The maximum atomic E-state index is 12.3. The normalized spacial score (nSPS) is 19.2. The van der Waals surface area contributed by atoms with Gasteiger partial charge in [0.05, 0.1) is 23.1 Å². The molecule has 1 unspecified atom stereocenters. The molecule has 1 amide bonds. The van der Waals surface area contributed by atoms with E-state index in [1.165, 1.54) is 0 Å². The number of hydrogen-bond donors (Lipinski definition) is 2. The number of nitrogens with zero attached hydrogens (tertiary/aromatic N) is 5. The maximum absolute atomic E-state index is 12.3. The quantitative estimate of drug-likeness (QED) is 0.475. The van der Waals surface area contributed by atoms with Gasteiger partial charge in [0, 0.05) is 45.6 Å². The summed E-state index contributed by atoms with van der Waals surface area (Å²) in [5.41, 5.74) is 5.01. The SMILES string of the molecule is Cn1c(CNCC2CCN(c3ncc(C(=O)NOC4CCCCO4)cn3)CC2)nc2ccccc21. The molecule has 2 aromatic heterocycles. The fourth-order valence-electron chi connectivity index (χ4n) is 4.66. The molecular formula is C25H33N7O3. The number of ether oxygens (including phenoxy) is 1. The molecule has 0 spiro atoms. The fraction of sp³-hybridized carbons (Fsp3) is 0.520. The summed E-state index contributed by atoms with van der Waals surface area (Å²) in [5.74, 6) is 1.95. The molecule has 3 aromatic rings. The molecule has 2 fully saturated rings. The van der Waals surface area contributed by atoms with Crippen molar-refractivity contribution in [3.8, 4) is 0 Å². The highest BCUT2D eigenvalue weighted by Crippen LogP contribution is 2.21. The van der Waals surface area contributed by atoms with Gasteiger partial charge in [-0.2, -0.15) is 0 Å². The lowest BCUT2D eigenvalue weighted by atomic mass is 9.97. The number of para-hydroxylation sites is 2. The van der Waals surface area contributed by atoms with Crippen molar-refractivity contribution in [1.82, 2.24) is 30.3 Å². The van der Waals surface area contributed by atoms with E-state index in [2.05, 4.69) is 49.4 Å². The summed E-state index contributed by atoms with van der Waals surface area (Å²) in [4.78, 5) is 33.4. The van der Waals surface area contributed by atoms with Crippen LogP contribution < -0.4 is 15.7 Å². The maximum Gasteiger partial charge on any atom is 0.278 e. The molecular weight excluding hydrogens is 446 g/mol. The number of piperidine rings is 1. The number of carbonyl (C=O) groups is 1. The Balaban J connectivity index is 1.05. The van der Waals surface area contributed by atoms with E-state index in [4.69, 9.17) is 14.6 Å². The molecule has 4 heterocycles. The number of fused-ring (bicyclic) bond motifs is 1. The third kappa shape index (κ3) is 5.77. The van der Waals surface area contributed by atoms with Gasteiger partial charge in [0.1, 0.15) is 5.82 Å². The van der Waals surface area contributed by atoms with Gasteiger partial charge in [-0.25, -0.2) is 25.3 Å². The standard InChI is InChI=1S/C25H33N7O3/c1-31-21-7-3-2-6-20(21)29-22(31)17-26-14-18-9-11-32(12-10-18)25-27-15-19(16-28-25)24(33)30-35-23-8-4-5-13-34-23/h2-3,6-7,15-16,18,23,26H,4-5,8-14,17H2,1H3,(H,30,33). The summed E-state index contributed by atoms with van der Waals surface area (Å²) in [7, 11) is 2.07. The van der Waals surface area contributed by atoms with Crippen molar-refractivity contribution in [2.75, 3.05) is 31.1 Å². The van der Waals surface area contributed by atoms with Gasteiger partial charge in [0.15, 0.2) is 6.29 Å². The van der Waals surface area contributed by atoms with Crippen LogP contribution in [0.1, 0.15) is 48.3 Å². The average Bonchev–Trinajstić information content (AvgIpc) is 3.24. The molecule has 2 N–H and O–H groups in total. The lowest BCUT2D eigenvalue weighted by Gasteiger charge is -2.32. The average molecular weight is 480 g/mol.